The highest BCUT2D eigenvalue weighted by Crippen LogP contribution is 2.36. The van der Waals surface area contributed by atoms with Crippen molar-refractivity contribution < 1.29 is 0 Å². The number of hydrogen-bond donors (Lipinski definition) is 0. The van der Waals surface area contributed by atoms with E-state index in [4.69, 9.17) is 0 Å². The van der Waals surface area contributed by atoms with E-state index in [0.29, 0.717) is 5.92 Å². The molecule has 0 aromatic carbocycles. The Labute approximate surface area is 109 Å². The molecule has 2 heterocycles. The van der Waals surface area contributed by atoms with Crippen molar-refractivity contribution in [2.24, 2.45) is 0 Å². The van der Waals surface area contributed by atoms with Gasteiger partial charge in [-0.05, 0) is 26.8 Å². The Balaban J connectivity index is 1.80. The lowest BCUT2D eigenvalue weighted by Gasteiger charge is -2.34. The van der Waals surface area contributed by atoms with E-state index in [0.717, 1.165) is 37.8 Å². The molecule has 1 saturated carbocycles. The van der Waals surface area contributed by atoms with Crippen LogP contribution in [0.3, 0.4) is 0 Å². The zero-order chi connectivity index (χ0) is 12.5. The molecular weight excluding hydrogens is 224 g/mol. The Morgan fingerprint density at radius 3 is 2.44 bits per heavy atom. The van der Waals surface area contributed by atoms with Crippen LogP contribution in [0.15, 0.2) is 6.07 Å². The van der Waals surface area contributed by atoms with E-state index in [-0.39, 0.29) is 0 Å². The Kier molecular flexibility index (Phi) is 3.20. The number of likely N-dealkylation sites (N-methyl/N-ethyl adjacent to an activating group) is 1. The lowest BCUT2D eigenvalue weighted by molar-refractivity contribution is 0.311. The second kappa shape index (κ2) is 4.84. The minimum atomic E-state index is 0.693. The van der Waals surface area contributed by atoms with Crippen molar-refractivity contribution in [2.75, 3.05) is 38.1 Å². The van der Waals surface area contributed by atoms with E-state index >= 15 is 0 Å². The first-order valence-electron chi connectivity index (χ1n) is 7.01. The number of aryl methyl sites for hydroxylation is 1. The Morgan fingerprint density at radius 1 is 1.11 bits per heavy atom. The quantitative estimate of drug-likeness (QED) is 0.796. The first kappa shape index (κ1) is 11.9. The van der Waals surface area contributed by atoms with Crippen LogP contribution in [0, 0.1) is 6.92 Å². The van der Waals surface area contributed by atoms with Crippen molar-refractivity contribution >= 4 is 5.82 Å². The van der Waals surface area contributed by atoms with E-state index in [1.807, 2.05) is 6.92 Å². The molecule has 0 N–H and O–H groups in total. The minimum Gasteiger partial charge on any atom is -0.354 e. The molecule has 3 rings (SSSR count). The smallest absolute Gasteiger partial charge is 0.132 e. The normalized spacial score (nSPS) is 22.0. The third kappa shape index (κ3) is 2.34. The van der Waals surface area contributed by atoms with Crippen molar-refractivity contribution in [1.29, 1.82) is 0 Å². The lowest BCUT2D eigenvalue weighted by atomic mass is 9.83. The molecule has 1 aromatic heterocycles. The minimum absolute atomic E-state index is 0.693. The van der Waals surface area contributed by atoms with Gasteiger partial charge in [0.05, 0.1) is 0 Å². The van der Waals surface area contributed by atoms with E-state index in [1.165, 1.54) is 25.0 Å². The fourth-order valence-corrected chi connectivity index (χ4v) is 2.69. The van der Waals surface area contributed by atoms with Crippen LogP contribution in [0.4, 0.5) is 5.82 Å². The molecule has 4 heteroatoms. The molecule has 0 spiro atoms. The summed E-state index contributed by atoms with van der Waals surface area (Å²) in [6.45, 7) is 6.43. The molecule has 0 atom stereocenters. The summed E-state index contributed by atoms with van der Waals surface area (Å²) in [6, 6.07) is 2.22. The SMILES string of the molecule is Cc1nc(C2CCC2)cc(N2CCN(C)CC2)n1. The summed E-state index contributed by atoms with van der Waals surface area (Å²) in [5.74, 6) is 2.75. The first-order valence-corrected chi connectivity index (χ1v) is 7.01. The fourth-order valence-electron chi connectivity index (χ4n) is 2.69. The summed E-state index contributed by atoms with van der Waals surface area (Å²) in [4.78, 5) is 14.0. The van der Waals surface area contributed by atoms with Gasteiger partial charge in [-0.2, -0.15) is 0 Å². The van der Waals surface area contributed by atoms with E-state index < -0.39 is 0 Å². The van der Waals surface area contributed by atoms with Crippen LogP contribution < -0.4 is 4.90 Å². The topological polar surface area (TPSA) is 32.3 Å². The van der Waals surface area contributed by atoms with E-state index in [1.54, 1.807) is 0 Å². The predicted octanol–water partition coefficient (Wildman–Crippen LogP) is 1.80. The summed E-state index contributed by atoms with van der Waals surface area (Å²) in [7, 11) is 2.18. The van der Waals surface area contributed by atoms with Crippen molar-refractivity contribution in [1.82, 2.24) is 14.9 Å². The number of piperazine rings is 1. The highest BCUT2D eigenvalue weighted by molar-refractivity contribution is 5.41. The van der Waals surface area contributed by atoms with Crippen LogP contribution in [-0.2, 0) is 0 Å². The van der Waals surface area contributed by atoms with Gasteiger partial charge in [-0.1, -0.05) is 6.42 Å². The molecule has 1 saturated heterocycles. The van der Waals surface area contributed by atoms with Gasteiger partial charge in [-0.3, -0.25) is 0 Å². The average molecular weight is 246 g/mol. The van der Waals surface area contributed by atoms with E-state index in [9.17, 15) is 0 Å². The fraction of sp³-hybridized carbons (Fsp3) is 0.714. The summed E-state index contributed by atoms with van der Waals surface area (Å²) in [5.41, 5.74) is 1.27. The maximum atomic E-state index is 4.62. The molecule has 1 aliphatic carbocycles. The van der Waals surface area contributed by atoms with Gasteiger partial charge in [0.25, 0.3) is 0 Å². The molecule has 2 fully saturated rings. The average Bonchev–Trinajstić information content (AvgIpc) is 2.26. The van der Waals surface area contributed by atoms with Gasteiger partial charge in [0, 0.05) is 43.9 Å². The molecule has 2 aliphatic rings. The highest BCUT2D eigenvalue weighted by atomic mass is 15.3. The number of aromatic nitrogens is 2. The first-order chi connectivity index (χ1) is 8.72. The standard InChI is InChI=1S/C14H22N4/c1-11-15-13(12-4-3-5-12)10-14(16-11)18-8-6-17(2)7-9-18/h10,12H,3-9H2,1-2H3. The van der Waals surface area contributed by atoms with Crippen LogP contribution in [0.5, 0.6) is 0 Å². The van der Waals surface area contributed by atoms with Crippen molar-refractivity contribution in [3.63, 3.8) is 0 Å². The van der Waals surface area contributed by atoms with Gasteiger partial charge in [0.2, 0.25) is 0 Å². The molecule has 0 amide bonds. The monoisotopic (exact) mass is 246 g/mol. The summed E-state index contributed by atoms with van der Waals surface area (Å²) < 4.78 is 0. The largest absolute Gasteiger partial charge is 0.354 e. The Hall–Kier alpha value is -1.16. The Morgan fingerprint density at radius 2 is 1.83 bits per heavy atom. The summed E-state index contributed by atoms with van der Waals surface area (Å²) in [6.07, 6.45) is 3.97. The molecule has 0 bridgehead atoms. The molecule has 0 unspecified atom stereocenters. The number of anilines is 1. The second-order valence-electron chi connectivity index (χ2n) is 5.62. The molecule has 1 aromatic rings. The third-order valence-corrected chi connectivity index (χ3v) is 4.19. The van der Waals surface area contributed by atoms with Gasteiger partial charge in [0.1, 0.15) is 11.6 Å². The van der Waals surface area contributed by atoms with Crippen LogP contribution in [-0.4, -0.2) is 48.1 Å². The molecule has 18 heavy (non-hydrogen) atoms. The number of hydrogen-bond acceptors (Lipinski definition) is 4. The molecular formula is C14H22N4. The van der Waals surface area contributed by atoms with Crippen molar-refractivity contribution in [3.05, 3.63) is 17.6 Å². The predicted molar refractivity (Wildman–Crippen MR) is 73.1 cm³/mol. The van der Waals surface area contributed by atoms with Gasteiger partial charge < -0.3 is 9.80 Å². The van der Waals surface area contributed by atoms with E-state index in [2.05, 4.69) is 32.9 Å². The third-order valence-electron chi connectivity index (χ3n) is 4.19. The Bertz CT molecular complexity index is 420. The maximum absolute atomic E-state index is 4.62. The molecule has 1 aliphatic heterocycles. The van der Waals surface area contributed by atoms with Gasteiger partial charge in [-0.25, -0.2) is 9.97 Å². The molecule has 98 valence electrons. The summed E-state index contributed by atoms with van der Waals surface area (Å²) >= 11 is 0. The number of nitrogens with zero attached hydrogens (tertiary/aromatic N) is 4. The van der Waals surface area contributed by atoms with Gasteiger partial charge in [-0.15, -0.1) is 0 Å². The molecule has 0 radical (unpaired) electrons. The van der Waals surface area contributed by atoms with Crippen molar-refractivity contribution in [2.45, 2.75) is 32.1 Å². The number of rotatable bonds is 2. The highest BCUT2D eigenvalue weighted by Gasteiger charge is 2.23. The van der Waals surface area contributed by atoms with Gasteiger partial charge >= 0.3 is 0 Å². The van der Waals surface area contributed by atoms with Crippen LogP contribution >= 0.6 is 0 Å². The zero-order valence-electron chi connectivity index (χ0n) is 11.4. The molecule has 4 nitrogen and oxygen atoms in total. The van der Waals surface area contributed by atoms with Crippen molar-refractivity contribution in [3.8, 4) is 0 Å². The van der Waals surface area contributed by atoms with Crippen LogP contribution in [0.2, 0.25) is 0 Å². The maximum Gasteiger partial charge on any atom is 0.132 e. The lowest BCUT2D eigenvalue weighted by Crippen LogP contribution is -2.45. The zero-order valence-corrected chi connectivity index (χ0v) is 11.4. The van der Waals surface area contributed by atoms with Gasteiger partial charge in [0.15, 0.2) is 0 Å². The van der Waals surface area contributed by atoms with Crippen LogP contribution in [0.25, 0.3) is 0 Å². The summed E-state index contributed by atoms with van der Waals surface area (Å²) in [5, 5.41) is 0. The second-order valence-corrected chi connectivity index (χ2v) is 5.62. The van der Waals surface area contributed by atoms with Crippen LogP contribution in [0.1, 0.15) is 36.7 Å².